The first-order chi connectivity index (χ1) is 16.5. The number of carbonyl (C=O) groups excluding carboxylic acids is 1. The molecular weight excluding hydrogens is 487 g/mol. The van der Waals surface area contributed by atoms with Gasteiger partial charge in [0.25, 0.3) is 5.91 Å². The summed E-state index contributed by atoms with van der Waals surface area (Å²) in [5.41, 5.74) is 1.67. The molecule has 174 valence electrons. The molecule has 2 fully saturated rings. The van der Waals surface area contributed by atoms with Crippen LogP contribution in [-0.4, -0.2) is 22.0 Å². The van der Waals surface area contributed by atoms with E-state index in [9.17, 15) is 4.79 Å². The molecule has 1 amide bonds. The first-order valence-corrected chi connectivity index (χ1v) is 13.0. The van der Waals surface area contributed by atoms with Crippen molar-refractivity contribution in [2.45, 2.75) is 38.6 Å². The van der Waals surface area contributed by atoms with Crippen molar-refractivity contribution >= 4 is 57.8 Å². The lowest BCUT2D eigenvalue weighted by Gasteiger charge is -2.35. The van der Waals surface area contributed by atoms with E-state index >= 15 is 0 Å². The number of carbonyl (C=O) groups is 1. The minimum atomic E-state index is -0.00841. The van der Waals surface area contributed by atoms with Crippen molar-refractivity contribution in [3.63, 3.8) is 0 Å². The second-order valence-corrected chi connectivity index (χ2v) is 10.5. The van der Waals surface area contributed by atoms with Crippen LogP contribution in [-0.2, 0) is 4.79 Å². The molecule has 2 aromatic carbocycles. The van der Waals surface area contributed by atoms with Crippen molar-refractivity contribution in [3.8, 4) is 11.3 Å². The van der Waals surface area contributed by atoms with Crippen molar-refractivity contribution < 1.29 is 9.21 Å². The number of amides is 1. The number of aliphatic imine (C=N–C) groups is 1. The van der Waals surface area contributed by atoms with Crippen molar-refractivity contribution in [1.29, 1.82) is 0 Å². The summed E-state index contributed by atoms with van der Waals surface area (Å²) < 4.78 is 6.03. The zero-order valence-electron chi connectivity index (χ0n) is 18.7. The third-order valence-electron chi connectivity index (χ3n) is 6.32. The summed E-state index contributed by atoms with van der Waals surface area (Å²) in [6, 6.07) is 19.0. The predicted molar refractivity (Wildman–Crippen MR) is 142 cm³/mol. The monoisotopic (exact) mass is 510 g/mol. The Morgan fingerprint density at radius 3 is 2.59 bits per heavy atom. The maximum atomic E-state index is 13.6. The van der Waals surface area contributed by atoms with Gasteiger partial charge in [0, 0.05) is 17.7 Å². The molecule has 1 saturated heterocycles. The Morgan fingerprint density at radius 1 is 1.03 bits per heavy atom. The number of furan rings is 1. The van der Waals surface area contributed by atoms with Gasteiger partial charge in [0.05, 0.1) is 20.6 Å². The number of halogens is 2. The molecular formula is C27H24Cl2N2O2S. The van der Waals surface area contributed by atoms with E-state index in [4.69, 9.17) is 32.6 Å². The van der Waals surface area contributed by atoms with Gasteiger partial charge in [0.2, 0.25) is 0 Å². The van der Waals surface area contributed by atoms with Gasteiger partial charge in [-0.25, -0.2) is 4.99 Å². The Labute approximate surface area is 213 Å². The molecule has 0 spiro atoms. The van der Waals surface area contributed by atoms with E-state index in [2.05, 4.69) is 6.92 Å². The van der Waals surface area contributed by atoms with Crippen LogP contribution in [0.3, 0.4) is 0 Å². The highest BCUT2D eigenvalue weighted by Gasteiger charge is 2.41. The normalized spacial score (nSPS) is 23.3. The Morgan fingerprint density at radius 2 is 1.82 bits per heavy atom. The quantitative estimate of drug-likeness (QED) is 0.330. The highest BCUT2D eigenvalue weighted by Crippen LogP contribution is 2.40. The summed E-state index contributed by atoms with van der Waals surface area (Å²) in [7, 11) is 0. The van der Waals surface area contributed by atoms with Crippen LogP contribution >= 0.6 is 35.0 Å². The lowest BCUT2D eigenvalue weighted by Crippen LogP contribution is -2.44. The van der Waals surface area contributed by atoms with Gasteiger partial charge >= 0.3 is 0 Å². The van der Waals surface area contributed by atoms with E-state index < -0.39 is 0 Å². The van der Waals surface area contributed by atoms with Gasteiger partial charge in [-0.05, 0) is 73.0 Å². The molecule has 0 bridgehead atoms. The molecule has 1 aliphatic carbocycles. The standard InChI is InChI=1S/C27H24Cl2N2O2S/c1-17-7-5-6-10-23(17)31-26(32)25(34-27(31)30-19-8-3-2-4-9-19)16-20-12-14-24(33-20)18-11-13-21(28)22(29)15-18/h2-4,8-9,11-17,23H,5-7,10H2,1H3/b25-16-,30-27?/t17-,23-/m0/s1. The molecule has 1 aromatic heterocycles. The second-order valence-electron chi connectivity index (χ2n) is 8.68. The Kier molecular flexibility index (Phi) is 6.87. The minimum absolute atomic E-state index is 0.00841. The fourth-order valence-electron chi connectivity index (χ4n) is 4.51. The van der Waals surface area contributed by atoms with E-state index in [0.29, 0.717) is 32.4 Å². The van der Waals surface area contributed by atoms with Crippen LogP contribution in [0.5, 0.6) is 0 Å². The number of hydrogen-bond acceptors (Lipinski definition) is 4. The molecule has 0 N–H and O–H groups in total. The number of benzene rings is 2. The third kappa shape index (κ3) is 4.83. The number of para-hydroxylation sites is 1. The van der Waals surface area contributed by atoms with Crippen molar-refractivity contribution in [3.05, 3.63) is 81.4 Å². The predicted octanol–water partition coefficient (Wildman–Crippen LogP) is 8.44. The Hall–Kier alpha value is -2.47. The second kappa shape index (κ2) is 10.0. The molecule has 3 aromatic rings. The van der Waals surface area contributed by atoms with Gasteiger partial charge in [-0.1, -0.05) is 61.2 Å². The average Bonchev–Trinajstić information content (AvgIpc) is 3.42. The highest BCUT2D eigenvalue weighted by molar-refractivity contribution is 8.18. The van der Waals surface area contributed by atoms with Gasteiger partial charge in [-0.2, -0.15) is 0 Å². The summed E-state index contributed by atoms with van der Waals surface area (Å²) in [6.07, 6.45) is 6.28. The van der Waals surface area contributed by atoms with E-state index in [0.717, 1.165) is 35.7 Å². The van der Waals surface area contributed by atoms with Gasteiger partial charge in [-0.3, -0.25) is 9.69 Å². The van der Waals surface area contributed by atoms with Crippen LogP contribution in [0.2, 0.25) is 10.0 Å². The number of nitrogens with zero attached hydrogens (tertiary/aromatic N) is 2. The van der Waals surface area contributed by atoms with Crippen LogP contribution in [0.15, 0.2) is 75.0 Å². The van der Waals surface area contributed by atoms with Crippen molar-refractivity contribution in [2.24, 2.45) is 10.9 Å². The molecule has 7 heteroatoms. The number of thioether (sulfide) groups is 1. The molecule has 1 aliphatic heterocycles. The SMILES string of the molecule is C[C@H]1CCCC[C@@H]1N1C(=O)/C(=C/c2ccc(-c3ccc(Cl)c(Cl)c3)o2)SC1=Nc1ccccc1. The van der Waals surface area contributed by atoms with Gasteiger partial charge in [0.15, 0.2) is 5.17 Å². The van der Waals surface area contributed by atoms with Crippen LogP contribution in [0.4, 0.5) is 5.69 Å². The summed E-state index contributed by atoms with van der Waals surface area (Å²) in [5.74, 6) is 1.70. The molecule has 2 atom stereocenters. The van der Waals surface area contributed by atoms with E-state index in [1.54, 1.807) is 12.1 Å². The first kappa shape index (κ1) is 23.3. The third-order valence-corrected chi connectivity index (χ3v) is 8.04. The summed E-state index contributed by atoms with van der Waals surface area (Å²) in [5, 5.41) is 1.70. The Bertz CT molecular complexity index is 1270. The van der Waals surface area contributed by atoms with Gasteiger partial charge in [-0.15, -0.1) is 0 Å². The molecule has 5 rings (SSSR count). The van der Waals surface area contributed by atoms with E-state index in [1.807, 2.05) is 59.5 Å². The zero-order chi connectivity index (χ0) is 23.7. The maximum absolute atomic E-state index is 13.6. The molecule has 1 saturated carbocycles. The summed E-state index contributed by atoms with van der Waals surface area (Å²) >= 11 is 13.6. The van der Waals surface area contributed by atoms with E-state index in [1.165, 1.54) is 18.2 Å². The Balaban J connectivity index is 1.47. The average molecular weight is 511 g/mol. The molecule has 4 nitrogen and oxygen atoms in total. The number of hydrogen-bond donors (Lipinski definition) is 0. The maximum Gasteiger partial charge on any atom is 0.267 e. The number of rotatable bonds is 4. The fourth-order valence-corrected chi connectivity index (χ4v) is 5.84. The molecule has 0 unspecified atom stereocenters. The lowest BCUT2D eigenvalue weighted by molar-refractivity contribution is -0.124. The topological polar surface area (TPSA) is 45.8 Å². The van der Waals surface area contributed by atoms with Crippen LogP contribution < -0.4 is 0 Å². The van der Waals surface area contributed by atoms with Crippen LogP contribution in [0.1, 0.15) is 38.4 Å². The molecule has 0 radical (unpaired) electrons. The largest absolute Gasteiger partial charge is 0.457 e. The van der Waals surface area contributed by atoms with Crippen LogP contribution in [0.25, 0.3) is 17.4 Å². The zero-order valence-corrected chi connectivity index (χ0v) is 21.0. The van der Waals surface area contributed by atoms with Gasteiger partial charge in [0.1, 0.15) is 11.5 Å². The summed E-state index contributed by atoms with van der Waals surface area (Å²) in [4.78, 5) is 21.0. The molecule has 2 aliphatic rings. The van der Waals surface area contributed by atoms with Crippen LogP contribution in [0, 0.1) is 5.92 Å². The first-order valence-electron chi connectivity index (χ1n) is 11.4. The molecule has 34 heavy (non-hydrogen) atoms. The lowest BCUT2D eigenvalue weighted by atomic mass is 9.85. The van der Waals surface area contributed by atoms with Gasteiger partial charge < -0.3 is 4.42 Å². The summed E-state index contributed by atoms with van der Waals surface area (Å²) in [6.45, 7) is 2.24. The minimum Gasteiger partial charge on any atom is -0.457 e. The molecule has 2 heterocycles. The van der Waals surface area contributed by atoms with Crippen molar-refractivity contribution in [2.75, 3.05) is 0 Å². The number of amidine groups is 1. The van der Waals surface area contributed by atoms with Crippen molar-refractivity contribution in [1.82, 2.24) is 4.90 Å². The smallest absolute Gasteiger partial charge is 0.267 e. The highest BCUT2D eigenvalue weighted by atomic mass is 35.5. The fraction of sp³-hybridized carbons (Fsp3) is 0.259. The van der Waals surface area contributed by atoms with E-state index in [-0.39, 0.29) is 11.9 Å².